The van der Waals surface area contributed by atoms with E-state index in [-0.39, 0.29) is 5.82 Å². The summed E-state index contributed by atoms with van der Waals surface area (Å²) in [4.78, 5) is 1.01. The lowest BCUT2D eigenvalue weighted by atomic mass is 10.4. The summed E-state index contributed by atoms with van der Waals surface area (Å²) in [6.07, 6.45) is 0. The molecule has 3 N–H and O–H groups in total. The molecule has 1 aromatic carbocycles. The maximum Gasteiger partial charge on any atom is 0.123 e. The number of thioether (sulfide) groups is 1. The molecule has 86 valence electrons. The highest BCUT2D eigenvalue weighted by atomic mass is 32.2. The molecule has 1 rings (SSSR count). The maximum atomic E-state index is 12.6. The molecule has 0 aromatic heterocycles. The number of nitrogens with one attached hydrogen (secondary N) is 1. The number of nitrogens with zero attached hydrogens (tertiary/aromatic N) is 1. The second-order valence-corrected chi connectivity index (χ2v) is 4.41. The molecule has 0 bridgehead atoms. The number of hydrogen-bond acceptors (Lipinski definition) is 4. The Labute approximate surface area is 102 Å². The van der Waals surface area contributed by atoms with Gasteiger partial charge in [0.2, 0.25) is 0 Å². The average molecular weight is 257 g/mol. The van der Waals surface area contributed by atoms with Crippen LogP contribution in [0.15, 0.2) is 34.3 Å². The standard InChI is InChI=1S/C10H12FN3S2/c1-8(14-13-7-16-12)6-15-10-4-2-9(11)3-5-10/h2-5,13H,6,12H2,1H3. The van der Waals surface area contributed by atoms with Crippen molar-refractivity contribution < 1.29 is 4.39 Å². The first kappa shape index (κ1) is 13.0. The Morgan fingerprint density at radius 2 is 2.19 bits per heavy atom. The molecule has 0 radical (unpaired) electrons. The van der Waals surface area contributed by atoms with Crippen molar-refractivity contribution in [3.63, 3.8) is 0 Å². The highest BCUT2D eigenvalue weighted by Crippen LogP contribution is 2.17. The van der Waals surface area contributed by atoms with Crippen molar-refractivity contribution in [3.8, 4) is 5.31 Å². The first-order chi connectivity index (χ1) is 7.72. The van der Waals surface area contributed by atoms with E-state index in [0.717, 1.165) is 27.7 Å². The lowest BCUT2D eigenvalue weighted by Gasteiger charge is -2.00. The summed E-state index contributed by atoms with van der Waals surface area (Å²) in [5, 5.41) is 11.7. The summed E-state index contributed by atoms with van der Waals surface area (Å²) < 4.78 is 12.6. The molecule has 0 aliphatic carbocycles. The molecular weight excluding hydrogens is 245 g/mol. The molecule has 0 saturated heterocycles. The smallest absolute Gasteiger partial charge is 0.123 e. The van der Waals surface area contributed by atoms with Gasteiger partial charge in [-0.25, -0.2) is 9.82 Å². The topological polar surface area (TPSA) is 50.4 Å². The van der Waals surface area contributed by atoms with Crippen LogP contribution in [0.4, 0.5) is 4.39 Å². The Morgan fingerprint density at radius 1 is 1.50 bits per heavy atom. The zero-order chi connectivity index (χ0) is 11.8. The third-order valence-electron chi connectivity index (χ3n) is 1.61. The third kappa shape index (κ3) is 5.14. The summed E-state index contributed by atoms with van der Waals surface area (Å²) >= 11 is 2.53. The van der Waals surface area contributed by atoms with Gasteiger partial charge in [0.1, 0.15) is 5.82 Å². The summed E-state index contributed by atoms with van der Waals surface area (Å²) in [6.45, 7) is 1.90. The first-order valence-corrected chi connectivity index (χ1v) is 6.36. The second-order valence-electron chi connectivity index (χ2n) is 2.92. The molecule has 1 aromatic rings. The predicted octanol–water partition coefficient (Wildman–Crippen LogP) is 2.41. The fourth-order valence-electron chi connectivity index (χ4n) is 0.895. The van der Waals surface area contributed by atoms with Crippen molar-refractivity contribution in [1.82, 2.24) is 5.43 Å². The molecule has 0 atom stereocenters. The van der Waals surface area contributed by atoms with Crippen LogP contribution in [0.3, 0.4) is 0 Å². The minimum absolute atomic E-state index is 0.222. The van der Waals surface area contributed by atoms with Gasteiger partial charge in [0.05, 0.1) is 5.31 Å². The lowest BCUT2D eigenvalue weighted by molar-refractivity contribution is 0.626. The number of benzene rings is 1. The van der Waals surface area contributed by atoms with E-state index >= 15 is 0 Å². The Hall–Kier alpha value is -1.07. The van der Waals surface area contributed by atoms with E-state index < -0.39 is 0 Å². The molecule has 0 amide bonds. The van der Waals surface area contributed by atoms with Crippen LogP contribution >= 0.6 is 23.1 Å². The quantitative estimate of drug-likeness (QED) is 0.286. The van der Waals surface area contributed by atoms with Crippen LogP contribution in [-0.2, 0) is 0 Å². The Morgan fingerprint density at radius 3 is 2.81 bits per heavy atom. The number of nitrogens with two attached hydrogens (primary N) is 1. The normalized spacial score (nSPS) is 10.8. The van der Waals surface area contributed by atoms with E-state index in [1.165, 1.54) is 12.1 Å². The number of rotatable bonds is 4. The van der Waals surface area contributed by atoms with E-state index in [1.807, 2.05) is 6.92 Å². The van der Waals surface area contributed by atoms with E-state index in [9.17, 15) is 4.39 Å². The zero-order valence-corrected chi connectivity index (χ0v) is 10.4. The molecule has 0 unspecified atom stereocenters. The van der Waals surface area contributed by atoms with Gasteiger partial charge in [-0.05, 0) is 42.5 Å². The molecule has 0 aliphatic rings. The Balaban J connectivity index is 2.41. The molecule has 0 aliphatic heterocycles. The van der Waals surface area contributed by atoms with Crippen LogP contribution in [0.2, 0.25) is 0 Å². The zero-order valence-electron chi connectivity index (χ0n) is 8.74. The van der Waals surface area contributed by atoms with Gasteiger partial charge in [0.25, 0.3) is 0 Å². The van der Waals surface area contributed by atoms with Crippen molar-refractivity contribution >= 4 is 28.8 Å². The maximum absolute atomic E-state index is 12.6. The predicted molar refractivity (Wildman–Crippen MR) is 69.0 cm³/mol. The van der Waals surface area contributed by atoms with E-state index in [1.54, 1.807) is 23.9 Å². The van der Waals surface area contributed by atoms with Gasteiger partial charge in [0, 0.05) is 16.4 Å². The van der Waals surface area contributed by atoms with Crippen LogP contribution in [-0.4, -0.2) is 11.5 Å². The number of halogens is 1. The minimum Gasteiger partial charge on any atom is -0.251 e. The van der Waals surface area contributed by atoms with Gasteiger partial charge >= 0.3 is 0 Å². The molecule has 6 heteroatoms. The molecular formula is C10H12FN3S2. The molecule has 16 heavy (non-hydrogen) atoms. The highest BCUT2D eigenvalue weighted by Gasteiger charge is 1.96. The summed E-state index contributed by atoms with van der Waals surface area (Å²) in [7, 11) is 0. The molecule has 0 heterocycles. The monoisotopic (exact) mass is 257 g/mol. The van der Waals surface area contributed by atoms with Gasteiger partial charge in [-0.15, -0.1) is 11.8 Å². The summed E-state index contributed by atoms with van der Waals surface area (Å²) in [6, 6.07) is 6.38. The lowest BCUT2D eigenvalue weighted by Crippen LogP contribution is -2.03. The summed E-state index contributed by atoms with van der Waals surface area (Å²) in [5.74, 6) is 0.510. The fraction of sp³-hybridized carbons (Fsp3) is 0.200. The van der Waals surface area contributed by atoms with Crippen LogP contribution in [0.25, 0.3) is 0 Å². The van der Waals surface area contributed by atoms with E-state index in [0.29, 0.717) is 0 Å². The van der Waals surface area contributed by atoms with Crippen molar-refractivity contribution in [1.29, 1.82) is 0 Å². The van der Waals surface area contributed by atoms with Crippen molar-refractivity contribution in [2.75, 3.05) is 5.75 Å². The second kappa shape index (κ2) is 7.24. The minimum atomic E-state index is -0.222. The van der Waals surface area contributed by atoms with Crippen LogP contribution in [0, 0.1) is 11.1 Å². The molecule has 0 saturated carbocycles. The number of hydrazone groups is 1. The van der Waals surface area contributed by atoms with Gasteiger partial charge in [-0.3, -0.25) is 5.14 Å². The van der Waals surface area contributed by atoms with Crippen LogP contribution in [0.1, 0.15) is 6.92 Å². The van der Waals surface area contributed by atoms with Crippen molar-refractivity contribution in [3.05, 3.63) is 30.1 Å². The van der Waals surface area contributed by atoms with Crippen LogP contribution < -0.4 is 10.6 Å². The van der Waals surface area contributed by atoms with Gasteiger partial charge < -0.3 is 0 Å². The largest absolute Gasteiger partial charge is 0.251 e. The Kier molecular flexibility index (Phi) is 5.88. The fourth-order valence-corrected chi connectivity index (χ4v) is 1.76. The van der Waals surface area contributed by atoms with Gasteiger partial charge in [-0.1, -0.05) is 0 Å². The highest BCUT2D eigenvalue weighted by molar-refractivity contribution is 8.00. The van der Waals surface area contributed by atoms with E-state index in [4.69, 9.17) is 5.14 Å². The summed E-state index contributed by atoms with van der Waals surface area (Å²) in [5.41, 5.74) is 3.50. The third-order valence-corrected chi connectivity index (χ3v) is 2.99. The SMILES string of the molecule is CC(CSc1ccc(F)cc1)=NNC#SN. The Bertz CT molecular complexity index is 420. The van der Waals surface area contributed by atoms with E-state index in [2.05, 4.69) is 15.8 Å². The first-order valence-electron chi connectivity index (χ1n) is 4.49. The molecule has 0 spiro atoms. The van der Waals surface area contributed by atoms with Crippen molar-refractivity contribution in [2.24, 2.45) is 10.2 Å². The average Bonchev–Trinajstić information content (AvgIpc) is 2.29. The molecule has 0 fully saturated rings. The number of hydrogen-bond donors (Lipinski definition) is 2. The van der Waals surface area contributed by atoms with Gasteiger partial charge in [-0.2, -0.15) is 5.10 Å². The van der Waals surface area contributed by atoms with Crippen molar-refractivity contribution in [2.45, 2.75) is 11.8 Å². The molecule has 3 nitrogen and oxygen atoms in total. The van der Waals surface area contributed by atoms with Crippen LogP contribution in [0.5, 0.6) is 0 Å². The van der Waals surface area contributed by atoms with Gasteiger partial charge in [0.15, 0.2) is 0 Å².